The van der Waals surface area contributed by atoms with Gasteiger partial charge in [-0.2, -0.15) is 0 Å². The summed E-state index contributed by atoms with van der Waals surface area (Å²) in [6.45, 7) is 2.00. The molecule has 0 spiro atoms. The smallest absolute Gasteiger partial charge is 0.115 e. The van der Waals surface area contributed by atoms with E-state index in [4.69, 9.17) is 5.73 Å². The number of hydrogen-bond donors (Lipinski definition) is 1. The van der Waals surface area contributed by atoms with E-state index < -0.39 is 6.17 Å². The molecule has 0 heterocycles. The van der Waals surface area contributed by atoms with Crippen LogP contribution in [-0.4, -0.2) is 12.2 Å². The Morgan fingerprint density at radius 3 is 2.25 bits per heavy atom. The first kappa shape index (κ1) is 6.02. The van der Waals surface area contributed by atoms with Gasteiger partial charge in [0.25, 0.3) is 0 Å². The Kier molecular flexibility index (Phi) is 1.52. The average molecular weight is 117 g/mol. The minimum atomic E-state index is -0.731. The van der Waals surface area contributed by atoms with Gasteiger partial charge in [-0.3, -0.25) is 0 Å². The zero-order valence-electron chi connectivity index (χ0n) is 5.10. The maximum absolute atomic E-state index is 12.4. The van der Waals surface area contributed by atoms with Crippen molar-refractivity contribution >= 4 is 0 Å². The quantitative estimate of drug-likeness (QED) is 0.505. The summed E-state index contributed by atoms with van der Waals surface area (Å²) >= 11 is 0. The van der Waals surface area contributed by atoms with Gasteiger partial charge in [0.1, 0.15) is 6.17 Å². The van der Waals surface area contributed by atoms with Crippen LogP contribution in [0.2, 0.25) is 0 Å². The summed E-state index contributed by atoms with van der Waals surface area (Å²) in [5.41, 5.74) is 5.45. The van der Waals surface area contributed by atoms with E-state index in [1.165, 1.54) is 0 Å². The van der Waals surface area contributed by atoms with Gasteiger partial charge < -0.3 is 5.73 Å². The van der Waals surface area contributed by atoms with Crippen molar-refractivity contribution in [1.29, 1.82) is 0 Å². The molecule has 1 aliphatic carbocycles. The Bertz CT molecular complexity index is 74.6. The SMILES string of the molecule is C[C@@H]1CC[C@@H](F)[C@H]1N. The van der Waals surface area contributed by atoms with Crippen LogP contribution < -0.4 is 5.73 Å². The minimum Gasteiger partial charge on any atom is -0.325 e. The van der Waals surface area contributed by atoms with Gasteiger partial charge in [0.05, 0.1) is 0 Å². The van der Waals surface area contributed by atoms with Crippen molar-refractivity contribution in [2.24, 2.45) is 11.7 Å². The Labute approximate surface area is 49.1 Å². The van der Waals surface area contributed by atoms with Crippen LogP contribution >= 0.6 is 0 Å². The van der Waals surface area contributed by atoms with Gasteiger partial charge in [-0.05, 0) is 18.8 Å². The van der Waals surface area contributed by atoms with Crippen LogP contribution in [0.15, 0.2) is 0 Å². The Hall–Kier alpha value is -0.110. The number of nitrogens with two attached hydrogens (primary N) is 1. The second-order valence-electron chi connectivity index (χ2n) is 2.65. The van der Waals surface area contributed by atoms with E-state index in [9.17, 15) is 4.39 Å². The standard InChI is InChI=1S/C6H12FN/c1-4-2-3-5(7)6(4)8/h4-6H,2-3,8H2,1H3/t4-,5-,6+/m1/s1. The number of alkyl halides is 1. The first-order valence-electron chi connectivity index (χ1n) is 3.11. The van der Waals surface area contributed by atoms with Gasteiger partial charge in [-0.25, -0.2) is 4.39 Å². The summed E-state index contributed by atoms with van der Waals surface area (Å²) in [6, 6.07) is -0.185. The molecule has 3 atom stereocenters. The highest BCUT2D eigenvalue weighted by Gasteiger charge is 2.29. The van der Waals surface area contributed by atoms with Crippen LogP contribution in [0.25, 0.3) is 0 Å². The molecule has 2 heteroatoms. The first-order valence-corrected chi connectivity index (χ1v) is 3.11. The van der Waals surface area contributed by atoms with Gasteiger partial charge in [-0.1, -0.05) is 6.92 Å². The van der Waals surface area contributed by atoms with Gasteiger partial charge in [0, 0.05) is 6.04 Å². The molecular formula is C6H12FN. The Balaban J connectivity index is 2.44. The van der Waals surface area contributed by atoms with Gasteiger partial charge in [0.15, 0.2) is 0 Å². The second-order valence-corrected chi connectivity index (χ2v) is 2.65. The third-order valence-electron chi connectivity index (χ3n) is 1.97. The molecule has 0 amide bonds. The molecule has 2 N–H and O–H groups in total. The highest BCUT2D eigenvalue weighted by molar-refractivity contribution is 4.84. The lowest BCUT2D eigenvalue weighted by Crippen LogP contribution is -2.30. The molecule has 0 aromatic heterocycles. The van der Waals surface area contributed by atoms with E-state index in [-0.39, 0.29) is 6.04 Å². The lowest BCUT2D eigenvalue weighted by atomic mass is 10.1. The normalized spacial score (nSPS) is 47.6. The highest BCUT2D eigenvalue weighted by Crippen LogP contribution is 2.25. The summed E-state index contributed by atoms with van der Waals surface area (Å²) in [5, 5.41) is 0. The molecule has 0 aromatic carbocycles. The molecule has 1 nitrogen and oxygen atoms in total. The van der Waals surface area contributed by atoms with Crippen LogP contribution in [0.5, 0.6) is 0 Å². The molecule has 0 aromatic rings. The Morgan fingerprint density at radius 2 is 2.12 bits per heavy atom. The molecule has 8 heavy (non-hydrogen) atoms. The predicted molar refractivity (Wildman–Crippen MR) is 31.3 cm³/mol. The summed E-state index contributed by atoms with van der Waals surface area (Å²) < 4.78 is 12.4. The minimum absolute atomic E-state index is 0.185. The maximum atomic E-state index is 12.4. The Morgan fingerprint density at radius 1 is 1.50 bits per heavy atom. The lowest BCUT2D eigenvalue weighted by Gasteiger charge is -2.09. The van der Waals surface area contributed by atoms with Crippen LogP contribution in [-0.2, 0) is 0 Å². The molecule has 1 saturated carbocycles. The molecule has 1 aliphatic rings. The zero-order chi connectivity index (χ0) is 6.15. The summed E-state index contributed by atoms with van der Waals surface area (Å²) in [7, 11) is 0. The molecule has 48 valence electrons. The third-order valence-corrected chi connectivity index (χ3v) is 1.97. The summed E-state index contributed by atoms with van der Waals surface area (Å²) in [4.78, 5) is 0. The fraction of sp³-hybridized carbons (Fsp3) is 1.00. The maximum Gasteiger partial charge on any atom is 0.115 e. The third kappa shape index (κ3) is 0.848. The monoisotopic (exact) mass is 117 g/mol. The lowest BCUT2D eigenvalue weighted by molar-refractivity contribution is 0.297. The fourth-order valence-corrected chi connectivity index (χ4v) is 1.16. The molecule has 0 aliphatic heterocycles. The van der Waals surface area contributed by atoms with E-state index in [1.807, 2.05) is 6.92 Å². The van der Waals surface area contributed by atoms with Crippen molar-refractivity contribution < 1.29 is 4.39 Å². The molecule has 1 rings (SSSR count). The largest absolute Gasteiger partial charge is 0.325 e. The van der Waals surface area contributed by atoms with Crippen LogP contribution in [0.4, 0.5) is 4.39 Å². The van der Waals surface area contributed by atoms with Crippen molar-refractivity contribution in [2.75, 3.05) is 0 Å². The second kappa shape index (κ2) is 2.02. The molecule has 0 saturated heterocycles. The van der Waals surface area contributed by atoms with E-state index in [0.717, 1.165) is 6.42 Å². The first-order chi connectivity index (χ1) is 3.72. The van der Waals surface area contributed by atoms with E-state index in [0.29, 0.717) is 12.3 Å². The number of hydrogen-bond acceptors (Lipinski definition) is 1. The highest BCUT2D eigenvalue weighted by atomic mass is 19.1. The van der Waals surface area contributed by atoms with Crippen molar-refractivity contribution in [2.45, 2.75) is 32.0 Å². The number of halogens is 1. The summed E-state index contributed by atoms with van der Waals surface area (Å²) in [5.74, 6) is 0.394. The van der Waals surface area contributed by atoms with E-state index >= 15 is 0 Å². The molecule has 1 fully saturated rings. The van der Waals surface area contributed by atoms with E-state index in [2.05, 4.69) is 0 Å². The average Bonchev–Trinajstić information content (AvgIpc) is 1.98. The van der Waals surface area contributed by atoms with Gasteiger partial charge in [-0.15, -0.1) is 0 Å². The van der Waals surface area contributed by atoms with Crippen LogP contribution in [0.1, 0.15) is 19.8 Å². The van der Waals surface area contributed by atoms with Crippen LogP contribution in [0, 0.1) is 5.92 Å². The molecule has 0 bridgehead atoms. The predicted octanol–water partition coefficient (Wildman–Crippen LogP) is 1.08. The van der Waals surface area contributed by atoms with Crippen LogP contribution in [0.3, 0.4) is 0 Å². The van der Waals surface area contributed by atoms with Crippen molar-refractivity contribution in [3.8, 4) is 0 Å². The fourth-order valence-electron chi connectivity index (χ4n) is 1.16. The molecular weight excluding hydrogens is 105 g/mol. The zero-order valence-corrected chi connectivity index (χ0v) is 5.10. The van der Waals surface area contributed by atoms with Crippen molar-refractivity contribution in [3.63, 3.8) is 0 Å². The van der Waals surface area contributed by atoms with Crippen molar-refractivity contribution in [1.82, 2.24) is 0 Å². The molecule has 0 unspecified atom stereocenters. The number of rotatable bonds is 0. The molecule has 0 radical (unpaired) electrons. The van der Waals surface area contributed by atoms with Gasteiger partial charge >= 0.3 is 0 Å². The van der Waals surface area contributed by atoms with E-state index in [1.54, 1.807) is 0 Å². The topological polar surface area (TPSA) is 26.0 Å². The van der Waals surface area contributed by atoms with Crippen molar-refractivity contribution in [3.05, 3.63) is 0 Å². The summed E-state index contributed by atoms with van der Waals surface area (Å²) in [6.07, 6.45) is 0.898. The van der Waals surface area contributed by atoms with Gasteiger partial charge in [0.2, 0.25) is 0 Å².